The highest BCUT2D eigenvalue weighted by Gasteiger charge is 2.18. The third kappa shape index (κ3) is 3.69. The van der Waals surface area contributed by atoms with Gasteiger partial charge in [-0.15, -0.1) is 0 Å². The summed E-state index contributed by atoms with van der Waals surface area (Å²) < 4.78 is 28.6. The van der Waals surface area contributed by atoms with Crippen molar-refractivity contribution in [2.45, 2.75) is 6.61 Å². The van der Waals surface area contributed by atoms with Gasteiger partial charge in [0.05, 0.1) is 9.80 Å². The van der Waals surface area contributed by atoms with Gasteiger partial charge in [-0.2, -0.15) is 8.78 Å². The van der Waals surface area contributed by atoms with Crippen LogP contribution in [0, 0.1) is 10.1 Å². The number of hydrogen-bond donors (Lipinski definition) is 1. The van der Waals surface area contributed by atoms with Crippen LogP contribution in [0.4, 0.5) is 19.6 Å². The molecule has 0 fully saturated rings. The molecule has 1 amide bonds. The standard InChI is InChI=1S/C11H7F2N3O4S/c12-11(13)20-6-2-1-5-14-9(6)15-10(17)7-3-4-8(21-7)16(18)19/h1-5,11H,(H,14,15,17). The number of alkyl halides is 2. The van der Waals surface area contributed by atoms with Crippen LogP contribution in [0.15, 0.2) is 30.5 Å². The van der Waals surface area contributed by atoms with E-state index in [9.17, 15) is 23.7 Å². The molecule has 0 saturated heterocycles. The predicted molar refractivity (Wildman–Crippen MR) is 69.8 cm³/mol. The Morgan fingerprint density at radius 3 is 2.81 bits per heavy atom. The van der Waals surface area contributed by atoms with Crippen molar-refractivity contribution in [3.63, 3.8) is 0 Å². The van der Waals surface area contributed by atoms with E-state index in [2.05, 4.69) is 15.0 Å². The van der Waals surface area contributed by atoms with Crippen molar-refractivity contribution in [2.75, 3.05) is 5.32 Å². The molecule has 7 nitrogen and oxygen atoms in total. The lowest BCUT2D eigenvalue weighted by molar-refractivity contribution is -0.380. The molecular formula is C11H7F2N3O4S. The molecular weight excluding hydrogens is 308 g/mol. The lowest BCUT2D eigenvalue weighted by Crippen LogP contribution is -2.13. The van der Waals surface area contributed by atoms with Crippen LogP contribution in [-0.4, -0.2) is 22.4 Å². The number of hydrogen-bond acceptors (Lipinski definition) is 6. The maximum absolute atomic E-state index is 12.2. The maximum atomic E-state index is 12.2. The number of pyridine rings is 1. The van der Waals surface area contributed by atoms with E-state index in [4.69, 9.17) is 0 Å². The molecule has 0 saturated carbocycles. The van der Waals surface area contributed by atoms with Crippen LogP contribution in [0.25, 0.3) is 0 Å². The van der Waals surface area contributed by atoms with Crippen molar-refractivity contribution in [2.24, 2.45) is 0 Å². The Morgan fingerprint density at radius 2 is 2.19 bits per heavy atom. The SMILES string of the molecule is O=C(Nc1ncccc1OC(F)F)c1ccc([N+](=O)[O-])s1. The van der Waals surface area contributed by atoms with Gasteiger partial charge in [-0.25, -0.2) is 4.98 Å². The van der Waals surface area contributed by atoms with Gasteiger partial charge in [0.25, 0.3) is 5.91 Å². The quantitative estimate of drug-likeness (QED) is 0.676. The molecule has 0 bridgehead atoms. The Kier molecular flexibility index (Phi) is 4.38. The summed E-state index contributed by atoms with van der Waals surface area (Å²) in [5, 5.41) is 12.6. The number of aromatic nitrogens is 1. The van der Waals surface area contributed by atoms with E-state index in [0.29, 0.717) is 11.3 Å². The highest BCUT2D eigenvalue weighted by molar-refractivity contribution is 7.17. The van der Waals surface area contributed by atoms with Gasteiger partial charge in [-0.3, -0.25) is 14.9 Å². The zero-order valence-corrected chi connectivity index (χ0v) is 11.0. The molecule has 2 heterocycles. The Labute approximate surface area is 120 Å². The lowest BCUT2D eigenvalue weighted by atomic mass is 10.4. The number of nitrogens with zero attached hydrogens (tertiary/aromatic N) is 2. The Hall–Kier alpha value is -2.62. The second-order valence-electron chi connectivity index (χ2n) is 3.58. The molecule has 0 aromatic carbocycles. The highest BCUT2D eigenvalue weighted by atomic mass is 32.1. The number of thiophene rings is 1. The van der Waals surface area contributed by atoms with Crippen molar-refractivity contribution < 1.29 is 23.2 Å². The molecule has 2 aromatic heterocycles. The second-order valence-corrected chi connectivity index (χ2v) is 4.64. The summed E-state index contributed by atoms with van der Waals surface area (Å²) in [6.07, 6.45) is 1.28. The Balaban J connectivity index is 2.17. The smallest absolute Gasteiger partial charge is 0.387 e. The first-order valence-corrected chi connectivity index (χ1v) is 6.24. The minimum atomic E-state index is -3.06. The number of carbonyl (C=O) groups is 1. The molecule has 0 aliphatic rings. The Morgan fingerprint density at radius 1 is 1.43 bits per heavy atom. The largest absolute Gasteiger partial charge is 0.431 e. The van der Waals surface area contributed by atoms with E-state index >= 15 is 0 Å². The van der Waals surface area contributed by atoms with E-state index < -0.39 is 17.4 Å². The Bertz CT molecular complexity index is 677. The topological polar surface area (TPSA) is 94.4 Å². The fourth-order valence-corrected chi connectivity index (χ4v) is 2.11. The molecule has 1 N–H and O–H groups in total. The van der Waals surface area contributed by atoms with Crippen molar-refractivity contribution in [3.05, 3.63) is 45.5 Å². The molecule has 0 atom stereocenters. The van der Waals surface area contributed by atoms with Gasteiger partial charge in [0.2, 0.25) is 0 Å². The van der Waals surface area contributed by atoms with Gasteiger partial charge in [0.1, 0.15) is 0 Å². The summed E-state index contributed by atoms with van der Waals surface area (Å²) in [5.74, 6) is -1.20. The normalized spacial score (nSPS) is 10.4. The number of nitrogens with one attached hydrogen (secondary N) is 1. The van der Waals surface area contributed by atoms with E-state index in [0.717, 1.165) is 0 Å². The average Bonchev–Trinajstić information content (AvgIpc) is 2.90. The van der Waals surface area contributed by atoms with Crippen LogP contribution in [0.1, 0.15) is 9.67 Å². The number of amides is 1. The molecule has 0 aliphatic heterocycles. The van der Waals surface area contributed by atoms with Crippen molar-refractivity contribution in [3.8, 4) is 5.75 Å². The second kappa shape index (κ2) is 6.22. The number of carbonyl (C=O) groups excluding carboxylic acids is 1. The van der Waals surface area contributed by atoms with Crippen LogP contribution >= 0.6 is 11.3 Å². The fraction of sp³-hybridized carbons (Fsp3) is 0.0909. The molecule has 0 aliphatic carbocycles. The van der Waals surface area contributed by atoms with Crippen LogP contribution in [0.5, 0.6) is 5.75 Å². The lowest BCUT2D eigenvalue weighted by Gasteiger charge is -2.09. The predicted octanol–water partition coefficient (Wildman–Crippen LogP) is 2.91. The third-order valence-electron chi connectivity index (χ3n) is 2.21. The van der Waals surface area contributed by atoms with E-state index in [1.165, 1.54) is 30.5 Å². The molecule has 2 rings (SSSR count). The minimum absolute atomic E-state index is 0.0513. The van der Waals surface area contributed by atoms with E-state index in [1.807, 2.05) is 0 Å². The zero-order chi connectivity index (χ0) is 15.4. The molecule has 10 heteroatoms. The molecule has 0 spiro atoms. The van der Waals surface area contributed by atoms with Gasteiger partial charge in [0, 0.05) is 12.3 Å². The number of rotatable bonds is 5. The van der Waals surface area contributed by atoms with Gasteiger partial charge in [-0.1, -0.05) is 11.3 Å². The summed E-state index contributed by atoms with van der Waals surface area (Å²) in [7, 11) is 0. The van der Waals surface area contributed by atoms with Crippen LogP contribution in [-0.2, 0) is 0 Å². The number of ether oxygens (including phenoxy) is 1. The fourth-order valence-electron chi connectivity index (χ4n) is 1.39. The minimum Gasteiger partial charge on any atom is -0.431 e. The number of halogens is 2. The first-order chi connectivity index (χ1) is 9.97. The summed E-state index contributed by atoms with van der Waals surface area (Å²) >= 11 is 0.660. The van der Waals surface area contributed by atoms with Crippen LogP contribution < -0.4 is 10.1 Å². The molecule has 21 heavy (non-hydrogen) atoms. The van der Waals surface area contributed by atoms with Crippen molar-refractivity contribution in [1.29, 1.82) is 0 Å². The van der Waals surface area contributed by atoms with Gasteiger partial charge >= 0.3 is 11.6 Å². The number of anilines is 1. The first-order valence-electron chi connectivity index (χ1n) is 5.43. The van der Waals surface area contributed by atoms with E-state index in [1.54, 1.807) is 0 Å². The average molecular weight is 315 g/mol. The zero-order valence-electron chi connectivity index (χ0n) is 10.2. The summed E-state index contributed by atoms with van der Waals surface area (Å²) in [4.78, 5) is 25.6. The molecule has 2 aromatic rings. The van der Waals surface area contributed by atoms with Crippen molar-refractivity contribution >= 4 is 28.1 Å². The van der Waals surface area contributed by atoms with Crippen LogP contribution in [0.2, 0.25) is 0 Å². The molecule has 0 radical (unpaired) electrons. The number of nitro groups is 1. The van der Waals surface area contributed by atoms with Gasteiger partial charge in [0.15, 0.2) is 11.6 Å². The van der Waals surface area contributed by atoms with Gasteiger partial charge in [-0.05, 0) is 18.2 Å². The molecule has 0 unspecified atom stereocenters. The molecule has 110 valence electrons. The highest BCUT2D eigenvalue weighted by Crippen LogP contribution is 2.27. The first kappa shape index (κ1) is 14.8. The van der Waals surface area contributed by atoms with Crippen molar-refractivity contribution in [1.82, 2.24) is 4.98 Å². The third-order valence-corrected chi connectivity index (χ3v) is 3.25. The van der Waals surface area contributed by atoms with Crippen LogP contribution in [0.3, 0.4) is 0 Å². The van der Waals surface area contributed by atoms with Gasteiger partial charge < -0.3 is 10.1 Å². The monoisotopic (exact) mass is 315 g/mol. The van der Waals surface area contributed by atoms with E-state index in [-0.39, 0.29) is 21.4 Å². The maximum Gasteiger partial charge on any atom is 0.387 e. The summed E-state index contributed by atoms with van der Waals surface area (Å²) in [5.41, 5.74) is 0. The summed E-state index contributed by atoms with van der Waals surface area (Å²) in [6.45, 7) is -3.06. The summed E-state index contributed by atoms with van der Waals surface area (Å²) in [6, 6.07) is 5.01.